The lowest BCUT2D eigenvalue weighted by Gasteiger charge is -2.02. The highest BCUT2D eigenvalue weighted by Crippen LogP contribution is 2.11. The minimum atomic E-state index is -0.832. The number of imidazole rings is 1. The van der Waals surface area contributed by atoms with Crippen molar-refractivity contribution in [3.05, 3.63) is 53.1 Å². The third-order valence-electron chi connectivity index (χ3n) is 2.42. The van der Waals surface area contributed by atoms with Gasteiger partial charge in [-0.05, 0) is 29.9 Å². The number of aromatic amines is 1. The number of hydrogen-bond acceptors (Lipinski definition) is 2. The summed E-state index contributed by atoms with van der Waals surface area (Å²) in [6, 6.07) is 7.71. The van der Waals surface area contributed by atoms with Crippen molar-refractivity contribution in [1.82, 2.24) is 9.55 Å². The predicted molar refractivity (Wildman–Crippen MR) is 72.2 cm³/mol. The van der Waals surface area contributed by atoms with Crippen LogP contribution in [0.3, 0.4) is 0 Å². The smallest absolute Gasteiger partial charge is 0.307 e. The Morgan fingerprint density at radius 1 is 1.39 bits per heavy atom. The zero-order chi connectivity index (χ0) is 13.0. The SMILES string of the molecule is O=C(O)CC=Cc1ccc(-n2cc[nH]c2=S)cc1. The molecule has 0 atom stereocenters. The average molecular weight is 260 g/mol. The number of hydrogen-bond donors (Lipinski definition) is 2. The van der Waals surface area contributed by atoms with Crippen LogP contribution in [0.2, 0.25) is 0 Å². The molecule has 2 aromatic rings. The van der Waals surface area contributed by atoms with E-state index in [2.05, 4.69) is 4.98 Å². The fourth-order valence-electron chi connectivity index (χ4n) is 1.57. The van der Waals surface area contributed by atoms with Crippen LogP contribution in [0.4, 0.5) is 0 Å². The van der Waals surface area contributed by atoms with Crippen LogP contribution in [-0.4, -0.2) is 20.6 Å². The Labute approximate surface area is 109 Å². The van der Waals surface area contributed by atoms with E-state index in [0.29, 0.717) is 4.77 Å². The summed E-state index contributed by atoms with van der Waals surface area (Å²) in [6.07, 6.45) is 7.08. The van der Waals surface area contributed by atoms with Gasteiger partial charge in [0.1, 0.15) is 0 Å². The summed E-state index contributed by atoms with van der Waals surface area (Å²) in [4.78, 5) is 13.3. The normalized spacial score (nSPS) is 10.9. The molecule has 92 valence electrons. The Balaban J connectivity index is 2.16. The Bertz CT molecular complexity index is 623. The summed E-state index contributed by atoms with van der Waals surface area (Å²) < 4.78 is 2.50. The van der Waals surface area contributed by atoms with Crippen molar-refractivity contribution in [3.63, 3.8) is 0 Å². The van der Waals surface area contributed by atoms with Gasteiger partial charge in [0.05, 0.1) is 6.42 Å². The lowest BCUT2D eigenvalue weighted by atomic mass is 10.2. The van der Waals surface area contributed by atoms with Crippen molar-refractivity contribution in [1.29, 1.82) is 0 Å². The highest BCUT2D eigenvalue weighted by atomic mass is 32.1. The van der Waals surface area contributed by atoms with Crippen LogP contribution < -0.4 is 0 Å². The van der Waals surface area contributed by atoms with Crippen molar-refractivity contribution in [3.8, 4) is 5.69 Å². The van der Waals surface area contributed by atoms with Crippen molar-refractivity contribution in [2.75, 3.05) is 0 Å². The van der Waals surface area contributed by atoms with Crippen molar-refractivity contribution < 1.29 is 9.90 Å². The van der Waals surface area contributed by atoms with Gasteiger partial charge in [-0.2, -0.15) is 0 Å². The molecule has 0 aliphatic heterocycles. The number of carboxylic acids is 1. The monoisotopic (exact) mass is 260 g/mol. The molecule has 1 aromatic carbocycles. The van der Waals surface area contributed by atoms with E-state index in [9.17, 15) is 4.79 Å². The van der Waals surface area contributed by atoms with E-state index in [0.717, 1.165) is 11.3 Å². The van der Waals surface area contributed by atoms with Crippen LogP contribution >= 0.6 is 12.2 Å². The molecule has 0 saturated heterocycles. The van der Waals surface area contributed by atoms with Crippen molar-refractivity contribution in [2.24, 2.45) is 0 Å². The lowest BCUT2D eigenvalue weighted by molar-refractivity contribution is -0.135. The second-order valence-corrected chi connectivity index (χ2v) is 4.11. The van der Waals surface area contributed by atoms with E-state index in [-0.39, 0.29) is 6.42 Å². The largest absolute Gasteiger partial charge is 0.481 e. The van der Waals surface area contributed by atoms with E-state index in [1.807, 2.05) is 35.0 Å². The van der Waals surface area contributed by atoms with Gasteiger partial charge in [0.25, 0.3) is 0 Å². The predicted octanol–water partition coefficient (Wildman–Crippen LogP) is 3.02. The van der Waals surface area contributed by atoms with Crippen LogP contribution in [0, 0.1) is 4.77 Å². The first-order valence-electron chi connectivity index (χ1n) is 5.41. The minimum Gasteiger partial charge on any atom is -0.481 e. The maximum Gasteiger partial charge on any atom is 0.307 e. The highest BCUT2D eigenvalue weighted by Gasteiger charge is 1.97. The molecule has 1 heterocycles. The Kier molecular flexibility index (Phi) is 3.74. The summed E-state index contributed by atoms with van der Waals surface area (Å²) in [5.74, 6) is -0.832. The number of aromatic nitrogens is 2. The third-order valence-corrected chi connectivity index (χ3v) is 2.74. The molecule has 0 bridgehead atoms. The molecule has 2 rings (SSSR count). The van der Waals surface area contributed by atoms with Gasteiger partial charge < -0.3 is 10.1 Å². The number of H-pyrrole nitrogens is 1. The van der Waals surface area contributed by atoms with Gasteiger partial charge in [0.2, 0.25) is 0 Å². The molecule has 0 saturated carbocycles. The number of carbonyl (C=O) groups is 1. The molecule has 0 unspecified atom stereocenters. The molecule has 0 fully saturated rings. The maximum absolute atomic E-state index is 10.4. The molecule has 2 N–H and O–H groups in total. The summed E-state index contributed by atoms with van der Waals surface area (Å²) in [7, 11) is 0. The van der Waals surface area contributed by atoms with Crippen LogP contribution in [0.15, 0.2) is 42.7 Å². The molecule has 0 radical (unpaired) electrons. The van der Waals surface area contributed by atoms with Gasteiger partial charge in [0.15, 0.2) is 4.77 Å². The fraction of sp³-hybridized carbons (Fsp3) is 0.0769. The third kappa shape index (κ3) is 2.95. The second kappa shape index (κ2) is 5.46. The molecule has 4 nitrogen and oxygen atoms in total. The minimum absolute atomic E-state index is 0.0324. The van der Waals surface area contributed by atoms with E-state index >= 15 is 0 Å². The number of nitrogens with one attached hydrogen (secondary N) is 1. The Hall–Kier alpha value is -2.14. The number of rotatable bonds is 4. The van der Waals surface area contributed by atoms with E-state index in [4.69, 9.17) is 17.3 Å². The van der Waals surface area contributed by atoms with Gasteiger partial charge in [-0.1, -0.05) is 24.3 Å². The molecule has 1 aromatic heterocycles. The number of carboxylic acid groups (broad SMARTS) is 1. The summed E-state index contributed by atoms with van der Waals surface area (Å²) in [6.45, 7) is 0. The topological polar surface area (TPSA) is 58.0 Å². The molecule has 5 heteroatoms. The maximum atomic E-state index is 10.4. The molecular formula is C13H12N2O2S. The molecular weight excluding hydrogens is 248 g/mol. The lowest BCUT2D eigenvalue weighted by Crippen LogP contribution is -1.92. The summed E-state index contributed by atoms with van der Waals surface area (Å²) in [5.41, 5.74) is 1.93. The Morgan fingerprint density at radius 2 is 2.11 bits per heavy atom. The van der Waals surface area contributed by atoms with Crippen molar-refractivity contribution in [2.45, 2.75) is 6.42 Å². The fourth-order valence-corrected chi connectivity index (χ4v) is 1.80. The zero-order valence-corrected chi connectivity index (χ0v) is 10.4. The molecule has 0 aliphatic carbocycles. The summed E-state index contributed by atoms with van der Waals surface area (Å²) in [5, 5.41) is 8.52. The van der Waals surface area contributed by atoms with Crippen LogP contribution in [0.25, 0.3) is 11.8 Å². The van der Waals surface area contributed by atoms with E-state index in [1.165, 1.54) is 0 Å². The van der Waals surface area contributed by atoms with Crippen LogP contribution in [0.1, 0.15) is 12.0 Å². The van der Waals surface area contributed by atoms with Gasteiger partial charge >= 0.3 is 5.97 Å². The van der Waals surface area contributed by atoms with E-state index in [1.54, 1.807) is 18.3 Å². The number of nitrogens with zero attached hydrogens (tertiary/aromatic N) is 1. The quantitative estimate of drug-likeness (QED) is 0.831. The first kappa shape index (κ1) is 12.3. The molecule has 0 amide bonds. The molecule has 0 aliphatic rings. The average Bonchev–Trinajstić information content (AvgIpc) is 2.76. The second-order valence-electron chi connectivity index (χ2n) is 3.73. The number of aliphatic carboxylic acids is 1. The van der Waals surface area contributed by atoms with Crippen LogP contribution in [0.5, 0.6) is 0 Å². The summed E-state index contributed by atoms with van der Waals surface area (Å²) >= 11 is 5.13. The van der Waals surface area contributed by atoms with Gasteiger partial charge in [-0.15, -0.1) is 0 Å². The Morgan fingerprint density at radius 3 is 2.67 bits per heavy atom. The molecule has 18 heavy (non-hydrogen) atoms. The first-order chi connectivity index (χ1) is 8.66. The number of benzene rings is 1. The standard InChI is InChI=1S/C13H12N2O2S/c16-12(17)3-1-2-10-4-6-11(7-5-10)15-9-8-14-13(15)18/h1-2,4-9H,3H2,(H,14,18)(H,16,17). The first-order valence-corrected chi connectivity index (χ1v) is 5.82. The van der Waals surface area contributed by atoms with Gasteiger partial charge in [-0.3, -0.25) is 9.36 Å². The van der Waals surface area contributed by atoms with E-state index < -0.39 is 5.97 Å². The molecule has 0 spiro atoms. The zero-order valence-electron chi connectivity index (χ0n) is 9.54. The van der Waals surface area contributed by atoms with Crippen LogP contribution in [-0.2, 0) is 4.79 Å². The van der Waals surface area contributed by atoms with Crippen molar-refractivity contribution >= 4 is 24.3 Å². The highest BCUT2D eigenvalue weighted by molar-refractivity contribution is 7.71. The van der Waals surface area contributed by atoms with Gasteiger partial charge in [-0.25, -0.2) is 0 Å². The van der Waals surface area contributed by atoms with Gasteiger partial charge in [0, 0.05) is 18.1 Å².